The third-order valence-electron chi connectivity index (χ3n) is 9.44. The van der Waals surface area contributed by atoms with E-state index in [1.54, 1.807) is 36.4 Å². The summed E-state index contributed by atoms with van der Waals surface area (Å²) in [5.74, 6) is -5.12. The summed E-state index contributed by atoms with van der Waals surface area (Å²) in [4.78, 5) is 87.3. The second kappa shape index (κ2) is 18.2. The standard InChI is InChI=1S/C42H40FNO15/c1-22(45)54-33(27-9-13-29(43)14-10-27)20-19-32-35(44(40(32)51)30-15-6-26(7-16-30)8-21-34(49)50)28-11-17-31(18-12-28)58-42(5)39(57-25(4)48)37(56-24(3)47)36(55-23(2)46)38(59-42)41(52)53/h6-7,9-18,32-33,35-39H,19-20H2,1-5H3,(H,49,50)(H,52,53)/t32-,33+,35-,36+,37+,38+,39-,42-/m1/s1. The molecule has 16 nitrogen and oxygen atoms in total. The Kier molecular flexibility index (Phi) is 13.4. The molecule has 2 aliphatic rings. The van der Waals surface area contributed by atoms with Crippen molar-refractivity contribution in [2.75, 3.05) is 4.90 Å². The van der Waals surface area contributed by atoms with E-state index < -0.39 is 89.9 Å². The Balaban J connectivity index is 1.48. The lowest BCUT2D eigenvalue weighted by molar-refractivity contribution is -0.326. The topological polar surface area (TPSA) is 219 Å². The maximum absolute atomic E-state index is 13.9. The van der Waals surface area contributed by atoms with E-state index in [2.05, 4.69) is 5.92 Å². The Morgan fingerprint density at radius 1 is 0.814 bits per heavy atom. The molecule has 0 bridgehead atoms. The van der Waals surface area contributed by atoms with E-state index in [4.69, 9.17) is 33.5 Å². The van der Waals surface area contributed by atoms with E-state index in [9.17, 15) is 43.1 Å². The van der Waals surface area contributed by atoms with Crippen LogP contribution in [0.2, 0.25) is 0 Å². The molecule has 0 spiro atoms. The summed E-state index contributed by atoms with van der Waals surface area (Å²) in [6.07, 6.45) is -7.37. The Hall–Kier alpha value is -6.80. The summed E-state index contributed by atoms with van der Waals surface area (Å²) in [6.45, 7) is 5.60. The van der Waals surface area contributed by atoms with E-state index in [-0.39, 0.29) is 24.5 Å². The van der Waals surface area contributed by atoms with E-state index in [0.717, 1.165) is 20.8 Å². The van der Waals surface area contributed by atoms with Crippen LogP contribution in [-0.2, 0) is 57.2 Å². The molecule has 1 amide bonds. The summed E-state index contributed by atoms with van der Waals surface area (Å²) in [7, 11) is 0. The minimum Gasteiger partial charge on any atom is -0.479 e. The fourth-order valence-corrected chi connectivity index (χ4v) is 7.10. The van der Waals surface area contributed by atoms with Crippen molar-refractivity contribution in [1.82, 2.24) is 0 Å². The number of aliphatic carboxylic acids is 2. The molecule has 3 aromatic rings. The Morgan fingerprint density at radius 3 is 1.95 bits per heavy atom. The summed E-state index contributed by atoms with van der Waals surface area (Å²) < 4.78 is 47.3. The molecule has 0 aliphatic carbocycles. The number of ether oxygens (including phenoxy) is 6. The Bertz CT molecular complexity index is 2160. The number of nitrogens with zero attached hydrogens (tertiary/aromatic N) is 1. The third kappa shape index (κ3) is 10.4. The number of anilines is 1. The number of esters is 4. The zero-order valence-electron chi connectivity index (χ0n) is 32.4. The Labute approximate surface area is 337 Å². The first-order chi connectivity index (χ1) is 27.9. The number of hydrogen-bond donors (Lipinski definition) is 2. The molecule has 2 saturated heterocycles. The van der Waals surface area contributed by atoms with Gasteiger partial charge in [0.15, 0.2) is 18.3 Å². The van der Waals surface area contributed by atoms with Crippen LogP contribution in [0.3, 0.4) is 0 Å². The van der Waals surface area contributed by atoms with Gasteiger partial charge in [0.05, 0.1) is 12.0 Å². The Morgan fingerprint density at radius 2 is 1.41 bits per heavy atom. The molecular weight excluding hydrogens is 777 g/mol. The number of benzene rings is 3. The van der Waals surface area contributed by atoms with Crippen molar-refractivity contribution >= 4 is 47.4 Å². The first-order valence-electron chi connectivity index (χ1n) is 18.2. The molecule has 0 radical (unpaired) electrons. The van der Waals surface area contributed by atoms with Crippen molar-refractivity contribution in [2.24, 2.45) is 5.92 Å². The number of rotatable bonds is 13. The minimum atomic E-state index is -2.15. The van der Waals surface area contributed by atoms with Crippen molar-refractivity contribution in [2.45, 2.75) is 89.8 Å². The van der Waals surface area contributed by atoms with E-state index in [1.807, 2.05) is 5.92 Å². The van der Waals surface area contributed by atoms with Gasteiger partial charge in [-0.3, -0.25) is 24.0 Å². The quantitative estimate of drug-likeness (QED) is 0.106. The van der Waals surface area contributed by atoms with Gasteiger partial charge in [-0.2, -0.15) is 0 Å². The van der Waals surface area contributed by atoms with Crippen LogP contribution >= 0.6 is 0 Å². The van der Waals surface area contributed by atoms with Gasteiger partial charge in [-0.1, -0.05) is 30.2 Å². The van der Waals surface area contributed by atoms with Gasteiger partial charge in [0, 0.05) is 51.8 Å². The zero-order valence-corrected chi connectivity index (χ0v) is 32.4. The van der Waals surface area contributed by atoms with Crippen molar-refractivity contribution in [3.8, 4) is 17.6 Å². The van der Waals surface area contributed by atoms with E-state index in [0.29, 0.717) is 22.4 Å². The van der Waals surface area contributed by atoms with Crippen LogP contribution in [0, 0.1) is 23.6 Å². The number of β-lactam (4-membered cyclic amide) rings is 1. The molecule has 0 aromatic heterocycles. The van der Waals surface area contributed by atoms with Crippen molar-refractivity contribution < 1.29 is 76.6 Å². The maximum Gasteiger partial charge on any atom is 0.382 e. The fourth-order valence-electron chi connectivity index (χ4n) is 7.10. The molecule has 310 valence electrons. The average Bonchev–Trinajstić information content (AvgIpc) is 3.15. The SMILES string of the molecule is CC(=O)O[C@H]1[C@H](OC(C)=O)[C@@H](OC(C)=O)[C@](C)(Oc2ccc([C@@H]3[C@@H](CC[C@H](OC(C)=O)c4ccc(F)cc4)C(=O)N3c3ccc(C#CC(=O)O)cc3)cc2)O[C@@H]1C(=O)O. The molecule has 3 aromatic carbocycles. The highest BCUT2D eigenvalue weighted by Crippen LogP contribution is 2.47. The van der Waals surface area contributed by atoms with Crippen LogP contribution in [0.25, 0.3) is 0 Å². The number of hydrogen-bond acceptors (Lipinski definition) is 13. The van der Waals surface area contributed by atoms with Gasteiger partial charge in [0.1, 0.15) is 17.7 Å². The normalized spacial score (nSPS) is 23.9. The van der Waals surface area contributed by atoms with Gasteiger partial charge in [0.2, 0.25) is 17.8 Å². The zero-order chi connectivity index (χ0) is 43.2. The third-order valence-corrected chi connectivity index (χ3v) is 9.44. The number of carbonyl (C=O) groups excluding carboxylic acids is 5. The first kappa shape index (κ1) is 43.3. The molecule has 0 unspecified atom stereocenters. The highest BCUT2D eigenvalue weighted by atomic mass is 19.1. The van der Waals surface area contributed by atoms with Crippen molar-refractivity contribution in [3.05, 3.63) is 95.3 Å². The number of carbonyl (C=O) groups is 7. The largest absolute Gasteiger partial charge is 0.479 e. The monoisotopic (exact) mass is 817 g/mol. The van der Waals surface area contributed by atoms with Gasteiger partial charge in [-0.05, 0) is 72.5 Å². The van der Waals surface area contributed by atoms with Crippen molar-refractivity contribution in [1.29, 1.82) is 0 Å². The molecule has 17 heteroatoms. The van der Waals surface area contributed by atoms with Crippen LogP contribution in [-0.4, -0.2) is 82.1 Å². The van der Waals surface area contributed by atoms with Gasteiger partial charge >= 0.3 is 35.8 Å². The highest BCUT2D eigenvalue weighted by Gasteiger charge is 2.61. The van der Waals surface area contributed by atoms with Gasteiger partial charge in [-0.15, -0.1) is 0 Å². The highest BCUT2D eigenvalue weighted by molar-refractivity contribution is 6.03. The van der Waals surface area contributed by atoms with Gasteiger partial charge < -0.3 is 43.5 Å². The lowest BCUT2D eigenvalue weighted by Gasteiger charge is -2.48. The molecule has 2 fully saturated rings. The summed E-state index contributed by atoms with van der Waals surface area (Å²) in [5, 5.41) is 19.0. The average molecular weight is 818 g/mol. The first-order valence-corrected chi connectivity index (χ1v) is 18.2. The number of carboxylic acid groups (broad SMARTS) is 2. The minimum absolute atomic E-state index is 0.0615. The molecule has 2 heterocycles. The van der Waals surface area contributed by atoms with E-state index >= 15 is 0 Å². The van der Waals surface area contributed by atoms with Crippen LogP contribution in [0.5, 0.6) is 5.75 Å². The van der Waals surface area contributed by atoms with Crippen molar-refractivity contribution in [3.63, 3.8) is 0 Å². The van der Waals surface area contributed by atoms with Gasteiger partial charge in [0.25, 0.3) is 0 Å². The van der Waals surface area contributed by atoms with Gasteiger partial charge in [-0.25, -0.2) is 14.0 Å². The second-order valence-electron chi connectivity index (χ2n) is 13.8. The molecule has 8 atom stereocenters. The molecule has 2 N–H and O–H groups in total. The second-order valence-corrected chi connectivity index (χ2v) is 13.8. The smallest absolute Gasteiger partial charge is 0.382 e. The molecular formula is C42H40FNO15. The molecule has 2 aliphatic heterocycles. The van der Waals surface area contributed by atoms with Crippen LogP contribution in [0.4, 0.5) is 10.1 Å². The summed E-state index contributed by atoms with van der Waals surface area (Å²) in [5.41, 5.74) is 2.00. The number of carboxylic acids is 2. The maximum atomic E-state index is 13.9. The summed E-state index contributed by atoms with van der Waals surface area (Å²) >= 11 is 0. The fraction of sp³-hybridized carbons (Fsp3) is 0.357. The van der Waals surface area contributed by atoms with Crippen LogP contribution < -0.4 is 9.64 Å². The molecule has 0 saturated carbocycles. The number of amides is 1. The predicted octanol–water partition coefficient (Wildman–Crippen LogP) is 4.42. The van der Waals surface area contributed by atoms with E-state index in [1.165, 1.54) is 55.1 Å². The van der Waals surface area contributed by atoms with Crippen LogP contribution in [0.15, 0.2) is 72.8 Å². The van der Waals surface area contributed by atoms with Crippen LogP contribution in [0.1, 0.15) is 76.3 Å². The lowest BCUT2D eigenvalue weighted by atomic mass is 9.78. The summed E-state index contributed by atoms with van der Waals surface area (Å²) in [6, 6.07) is 17.5. The molecule has 59 heavy (non-hydrogen) atoms. The molecule has 5 rings (SSSR count). The number of halogens is 1. The predicted molar refractivity (Wildman–Crippen MR) is 199 cm³/mol. The lowest BCUT2D eigenvalue weighted by Crippen LogP contribution is -2.69.